The second-order valence-electron chi connectivity index (χ2n) is 5.73. The van der Waals surface area contributed by atoms with Crippen LogP contribution in [0, 0.1) is 6.92 Å². The van der Waals surface area contributed by atoms with Crippen LogP contribution in [0.25, 0.3) is 0 Å². The van der Waals surface area contributed by atoms with Gasteiger partial charge in [-0.25, -0.2) is 23.1 Å². The molecule has 0 saturated carbocycles. The first-order valence-electron chi connectivity index (χ1n) is 7.58. The number of sulfonamides is 1. The van der Waals surface area contributed by atoms with E-state index in [4.69, 9.17) is 0 Å². The molecule has 0 radical (unpaired) electrons. The Morgan fingerprint density at radius 3 is 3.00 bits per heavy atom. The molecule has 0 aliphatic carbocycles. The van der Waals surface area contributed by atoms with Gasteiger partial charge in [0.25, 0.3) is 0 Å². The van der Waals surface area contributed by atoms with Gasteiger partial charge < -0.3 is 4.57 Å². The van der Waals surface area contributed by atoms with E-state index >= 15 is 0 Å². The highest BCUT2D eigenvalue weighted by atomic mass is 32.2. The van der Waals surface area contributed by atoms with Crippen LogP contribution >= 0.6 is 11.3 Å². The summed E-state index contributed by atoms with van der Waals surface area (Å²) in [7, 11) is -3.19. The fourth-order valence-electron chi connectivity index (χ4n) is 2.78. The summed E-state index contributed by atoms with van der Waals surface area (Å²) < 4.78 is 28.2. The Labute approximate surface area is 140 Å². The number of imidazole rings is 1. The highest BCUT2D eigenvalue weighted by molar-refractivity contribution is 7.89. The van der Waals surface area contributed by atoms with Crippen molar-refractivity contribution in [3.8, 4) is 0 Å². The van der Waals surface area contributed by atoms with Crippen LogP contribution in [0.4, 0.5) is 0 Å². The van der Waals surface area contributed by atoms with Gasteiger partial charge in [-0.15, -0.1) is 11.3 Å². The Morgan fingerprint density at radius 1 is 1.48 bits per heavy atom. The number of aryl methyl sites for hydroxylation is 1. The first kappa shape index (κ1) is 16.6. The van der Waals surface area contributed by atoms with E-state index < -0.39 is 10.0 Å². The van der Waals surface area contributed by atoms with E-state index in [1.165, 1.54) is 0 Å². The van der Waals surface area contributed by atoms with Crippen molar-refractivity contribution in [2.75, 3.05) is 18.8 Å². The van der Waals surface area contributed by atoms with Crippen molar-refractivity contribution in [2.24, 2.45) is 0 Å². The highest BCUT2D eigenvalue weighted by Gasteiger charge is 2.26. The van der Waals surface area contributed by atoms with Crippen molar-refractivity contribution in [1.82, 2.24) is 24.2 Å². The van der Waals surface area contributed by atoms with Crippen LogP contribution in [-0.2, 0) is 23.1 Å². The SMILES string of the molecule is CCS(=O)(=O)NC[C@H]1CN(Cc2csc(C)n2)Cc2cncn21. The lowest BCUT2D eigenvalue weighted by molar-refractivity contribution is 0.176. The summed E-state index contributed by atoms with van der Waals surface area (Å²) in [6.45, 7) is 6.36. The molecule has 0 spiro atoms. The number of hydrogen-bond acceptors (Lipinski definition) is 6. The van der Waals surface area contributed by atoms with Crippen LogP contribution < -0.4 is 4.72 Å². The third-order valence-corrected chi connectivity index (χ3v) is 6.15. The van der Waals surface area contributed by atoms with Crippen molar-refractivity contribution in [1.29, 1.82) is 0 Å². The number of hydrogen-bond donors (Lipinski definition) is 1. The second-order valence-corrected chi connectivity index (χ2v) is 8.88. The van der Waals surface area contributed by atoms with Gasteiger partial charge in [0, 0.05) is 37.8 Å². The van der Waals surface area contributed by atoms with Gasteiger partial charge in [0.15, 0.2) is 0 Å². The maximum absolute atomic E-state index is 11.7. The van der Waals surface area contributed by atoms with Gasteiger partial charge in [0.2, 0.25) is 10.0 Å². The number of nitrogens with one attached hydrogen (secondary N) is 1. The summed E-state index contributed by atoms with van der Waals surface area (Å²) in [5.41, 5.74) is 2.16. The summed E-state index contributed by atoms with van der Waals surface area (Å²) in [6.07, 6.45) is 3.63. The average Bonchev–Trinajstić information content (AvgIpc) is 3.14. The molecule has 9 heteroatoms. The molecule has 0 saturated heterocycles. The number of thiazole rings is 1. The van der Waals surface area contributed by atoms with Crippen molar-refractivity contribution >= 4 is 21.4 Å². The van der Waals surface area contributed by atoms with E-state index in [9.17, 15) is 8.42 Å². The molecule has 1 atom stereocenters. The van der Waals surface area contributed by atoms with Gasteiger partial charge in [-0.2, -0.15) is 0 Å². The molecule has 1 aliphatic heterocycles. The molecule has 0 bridgehead atoms. The summed E-state index contributed by atoms with van der Waals surface area (Å²) in [5.74, 6) is 0.0956. The smallest absolute Gasteiger partial charge is 0.211 e. The van der Waals surface area contributed by atoms with Gasteiger partial charge in [-0.1, -0.05) is 0 Å². The molecule has 2 aromatic heterocycles. The van der Waals surface area contributed by atoms with Gasteiger partial charge in [-0.3, -0.25) is 4.90 Å². The number of fused-ring (bicyclic) bond motifs is 1. The molecule has 1 N–H and O–H groups in total. The van der Waals surface area contributed by atoms with E-state index in [2.05, 4.69) is 29.5 Å². The van der Waals surface area contributed by atoms with Gasteiger partial charge in [-0.05, 0) is 13.8 Å². The molecule has 7 nitrogen and oxygen atoms in total. The molecule has 1 aliphatic rings. The second kappa shape index (κ2) is 6.68. The third kappa shape index (κ3) is 3.97. The first-order valence-corrected chi connectivity index (χ1v) is 10.1. The van der Waals surface area contributed by atoms with Gasteiger partial charge >= 0.3 is 0 Å². The average molecular weight is 355 g/mol. The minimum absolute atomic E-state index is 0.0438. The number of aromatic nitrogens is 3. The molecule has 0 aromatic carbocycles. The number of rotatable bonds is 6. The quantitative estimate of drug-likeness (QED) is 0.841. The van der Waals surface area contributed by atoms with Crippen molar-refractivity contribution in [3.63, 3.8) is 0 Å². The minimum atomic E-state index is -3.19. The van der Waals surface area contributed by atoms with Gasteiger partial charge in [0.1, 0.15) is 0 Å². The lowest BCUT2D eigenvalue weighted by atomic mass is 10.2. The van der Waals surface area contributed by atoms with Crippen LogP contribution in [0.2, 0.25) is 0 Å². The highest BCUT2D eigenvalue weighted by Crippen LogP contribution is 2.22. The van der Waals surface area contributed by atoms with E-state index in [1.807, 2.05) is 13.1 Å². The van der Waals surface area contributed by atoms with Crippen molar-refractivity contribution in [2.45, 2.75) is 33.0 Å². The van der Waals surface area contributed by atoms with Crippen LogP contribution in [0.5, 0.6) is 0 Å². The summed E-state index contributed by atoms with van der Waals surface area (Å²) in [5, 5.41) is 3.14. The zero-order valence-electron chi connectivity index (χ0n) is 13.3. The van der Waals surface area contributed by atoms with Crippen LogP contribution in [0.3, 0.4) is 0 Å². The topological polar surface area (TPSA) is 80.1 Å². The summed E-state index contributed by atoms with van der Waals surface area (Å²) in [6, 6.07) is 0.0438. The fourth-order valence-corrected chi connectivity index (χ4v) is 4.04. The third-order valence-electron chi connectivity index (χ3n) is 3.97. The zero-order chi connectivity index (χ0) is 16.4. The van der Waals surface area contributed by atoms with Crippen LogP contribution in [0.1, 0.15) is 29.4 Å². The molecule has 0 amide bonds. The maximum Gasteiger partial charge on any atom is 0.211 e. The van der Waals surface area contributed by atoms with Crippen molar-refractivity contribution < 1.29 is 8.42 Å². The molecular formula is C14H21N5O2S2. The predicted molar refractivity (Wildman–Crippen MR) is 89.7 cm³/mol. The Hall–Kier alpha value is -1.29. The monoisotopic (exact) mass is 355 g/mol. The molecule has 23 heavy (non-hydrogen) atoms. The minimum Gasteiger partial charge on any atom is -0.328 e. The largest absolute Gasteiger partial charge is 0.328 e. The summed E-state index contributed by atoms with van der Waals surface area (Å²) >= 11 is 1.65. The van der Waals surface area contributed by atoms with Crippen LogP contribution in [0.15, 0.2) is 17.9 Å². The van der Waals surface area contributed by atoms with Crippen molar-refractivity contribution in [3.05, 3.63) is 34.3 Å². The molecule has 3 heterocycles. The zero-order valence-corrected chi connectivity index (χ0v) is 14.9. The molecule has 2 aromatic rings. The number of nitrogens with zero attached hydrogens (tertiary/aromatic N) is 4. The van der Waals surface area contributed by atoms with E-state index in [0.717, 1.165) is 36.0 Å². The molecule has 3 rings (SSSR count). The Bertz CT molecular complexity index is 768. The molecule has 0 unspecified atom stereocenters. The molecular weight excluding hydrogens is 334 g/mol. The standard InChI is InChI=1S/C14H21N5O2S2/c1-3-23(20,21)16-5-14-8-18(6-12-9-22-11(2)17-12)7-13-4-15-10-19(13)14/h4,9-10,14,16H,3,5-8H2,1-2H3/t14-/m0/s1. The molecule has 126 valence electrons. The Kier molecular flexibility index (Phi) is 4.81. The maximum atomic E-state index is 11.7. The Morgan fingerprint density at radius 2 is 2.30 bits per heavy atom. The van der Waals surface area contributed by atoms with E-state index in [-0.39, 0.29) is 11.8 Å². The lowest BCUT2D eigenvalue weighted by Crippen LogP contribution is -2.42. The Balaban J connectivity index is 1.72. The van der Waals surface area contributed by atoms with Crippen LogP contribution in [-0.4, -0.2) is 46.7 Å². The lowest BCUT2D eigenvalue weighted by Gasteiger charge is -2.34. The van der Waals surface area contributed by atoms with E-state index in [1.54, 1.807) is 24.6 Å². The van der Waals surface area contributed by atoms with Gasteiger partial charge in [0.05, 0.1) is 34.5 Å². The first-order chi connectivity index (χ1) is 11.0. The fraction of sp³-hybridized carbons (Fsp3) is 0.571. The summed E-state index contributed by atoms with van der Waals surface area (Å²) in [4.78, 5) is 11.0. The molecule has 0 fully saturated rings. The van der Waals surface area contributed by atoms with E-state index in [0.29, 0.717) is 6.54 Å². The predicted octanol–water partition coefficient (Wildman–Crippen LogP) is 1.14. The normalized spacial score (nSPS) is 19.0.